The average Bonchev–Trinajstić information content (AvgIpc) is 3.35. The van der Waals surface area contributed by atoms with Gasteiger partial charge in [0, 0.05) is 16.9 Å². The number of thiazole rings is 1. The summed E-state index contributed by atoms with van der Waals surface area (Å²) in [7, 11) is 0. The maximum absolute atomic E-state index is 12.8. The van der Waals surface area contributed by atoms with E-state index >= 15 is 0 Å². The standard InChI is InChI=1S/C23H26N2O2S2/c1-15(11-17-9-7-6-8-10-17)21(26)16(2)22-25-13-20(29-22)28-14-19-24-12-18(27-19)23(3,4)5/h6-10,12-13,15H,2,11,14H2,1,3-5H3. The van der Waals surface area contributed by atoms with Crippen LogP contribution in [-0.2, 0) is 22.4 Å². The van der Waals surface area contributed by atoms with E-state index in [1.807, 2.05) is 37.3 Å². The van der Waals surface area contributed by atoms with Crippen LogP contribution in [-0.4, -0.2) is 15.8 Å². The fraction of sp³-hybridized carbons (Fsp3) is 0.348. The predicted molar refractivity (Wildman–Crippen MR) is 120 cm³/mol. The number of hydrogen-bond donors (Lipinski definition) is 0. The maximum Gasteiger partial charge on any atom is 0.204 e. The van der Waals surface area contributed by atoms with Gasteiger partial charge in [0.25, 0.3) is 0 Å². The first-order valence-electron chi connectivity index (χ1n) is 9.55. The molecule has 4 nitrogen and oxygen atoms in total. The van der Waals surface area contributed by atoms with E-state index in [2.05, 4.69) is 37.3 Å². The molecule has 0 fully saturated rings. The average molecular weight is 427 g/mol. The van der Waals surface area contributed by atoms with E-state index in [1.54, 1.807) is 24.2 Å². The Morgan fingerprint density at radius 2 is 1.93 bits per heavy atom. The Kier molecular flexibility index (Phi) is 6.75. The zero-order valence-electron chi connectivity index (χ0n) is 17.3. The van der Waals surface area contributed by atoms with Gasteiger partial charge in [0.1, 0.15) is 10.8 Å². The van der Waals surface area contributed by atoms with Gasteiger partial charge < -0.3 is 4.42 Å². The monoisotopic (exact) mass is 426 g/mol. The summed E-state index contributed by atoms with van der Waals surface area (Å²) in [6.45, 7) is 12.2. The van der Waals surface area contributed by atoms with Crippen molar-refractivity contribution in [1.29, 1.82) is 0 Å². The highest BCUT2D eigenvalue weighted by molar-refractivity contribution is 8.00. The third-order valence-electron chi connectivity index (χ3n) is 4.50. The van der Waals surface area contributed by atoms with Gasteiger partial charge in [-0.15, -0.1) is 23.1 Å². The molecule has 152 valence electrons. The molecular formula is C23H26N2O2S2. The maximum atomic E-state index is 12.8. The molecule has 29 heavy (non-hydrogen) atoms. The van der Waals surface area contributed by atoms with Crippen molar-refractivity contribution in [2.24, 2.45) is 5.92 Å². The molecule has 2 aromatic heterocycles. The quantitative estimate of drug-likeness (QED) is 0.318. The van der Waals surface area contributed by atoms with Gasteiger partial charge in [0.2, 0.25) is 5.89 Å². The van der Waals surface area contributed by atoms with Crippen LogP contribution in [0.25, 0.3) is 5.57 Å². The van der Waals surface area contributed by atoms with Gasteiger partial charge in [-0.05, 0) is 12.0 Å². The van der Waals surface area contributed by atoms with Crippen molar-refractivity contribution in [2.75, 3.05) is 0 Å². The summed E-state index contributed by atoms with van der Waals surface area (Å²) in [6, 6.07) is 10.0. The van der Waals surface area contributed by atoms with Crippen molar-refractivity contribution < 1.29 is 9.21 Å². The SMILES string of the molecule is C=C(C(=O)C(C)Cc1ccccc1)c1ncc(SCc2ncc(C(C)(C)C)o2)s1. The number of aromatic nitrogens is 2. The Labute approximate surface area is 180 Å². The Morgan fingerprint density at radius 3 is 2.59 bits per heavy atom. The largest absolute Gasteiger partial charge is 0.444 e. The molecule has 0 N–H and O–H groups in total. The van der Waals surface area contributed by atoms with Gasteiger partial charge in [-0.3, -0.25) is 4.79 Å². The zero-order valence-corrected chi connectivity index (χ0v) is 18.9. The van der Waals surface area contributed by atoms with Crippen LogP contribution in [0.5, 0.6) is 0 Å². The second kappa shape index (κ2) is 9.09. The first-order valence-corrected chi connectivity index (χ1v) is 11.4. The van der Waals surface area contributed by atoms with E-state index < -0.39 is 0 Å². The molecule has 0 amide bonds. The lowest BCUT2D eigenvalue weighted by molar-refractivity contribution is -0.116. The van der Waals surface area contributed by atoms with E-state index in [4.69, 9.17) is 4.42 Å². The summed E-state index contributed by atoms with van der Waals surface area (Å²) in [5.74, 6) is 2.11. The van der Waals surface area contributed by atoms with Crippen molar-refractivity contribution in [2.45, 2.75) is 49.5 Å². The number of Topliss-reactive ketones (excluding diaryl/α,β-unsaturated/α-hetero) is 1. The normalized spacial score (nSPS) is 12.7. The third-order valence-corrected chi connectivity index (χ3v) is 6.74. The van der Waals surface area contributed by atoms with E-state index in [0.29, 0.717) is 28.6 Å². The van der Waals surface area contributed by atoms with Crippen LogP contribution >= 0.6 is 23.1 Å². The highest BCUT2D eigenvalue weighted by Gasteiger charge is 2.21. The van der Waals surface area contributed by atoms with Gasteiger partial charge in [0.15, 0.2) is 5.78 Å². The molecule has 1 unspecified atom stereocenters. The van der Waals surface area contributed by atoms with Crippen LogP contribution in [0.1, 0.15) is 49.9 Å². The Bertz CT molecular complexity index is 984. The lowest BCUT2D eigenvalue weighted by atomic mass is 9.93. The van der Waals surface area contributed by atoms with Crippen LogP contribution in [0.4, 0.5) is 0 Å². The van der Waals surface area contributed by atoms with E-state index in [9.17, 15) is 4.79 Å². The van der Waals surface area contributed by atoms with Crippen LogP contribution in [0.15, 0.2) is 57.9 Å². The number of carbonyl (C=O) groups excluding carboxylic acids is 1. The number of hydrogen-bond acceptors (Lipinski definition) is 6. The molecule has 6 heteroatoms. The molecule has 0 aliphatic heterocycles. The minimum Gasteiger partial charge on any atom is -0.444 e. The summed E-state index contributed by atoms with van der Waals surface area (Å²) >= 11 is 3.09. The van der Waals surface area contributed by atoms with Crippen molar-refractivity contribution in [3.05, 3.63) is 71.5 Å². The topological polar surface area (TPSA) is 56.0 Å². The molecule has 1 aromatic carbocycles. The molecule has 2 heterocycles. The fourth-order valence-electron chi connectivity index (χ4n) is 2.79. The number of oxazole rings is 1. The number of allylic oxidation sites excluding steroid dienone is 1. The van der Waals surface area contributed by atoms with E-state index in [0.717, 1.165) is 15.5 Å². The third kappa shape index (κ3) is 5.67. The summed E-state index contributed by atoms with van der Waals surface area (Å²) in [4.78, 5) is 21.5. The molecule has 1 atom stereocenters. The Balaban J connectivity index is 1.58. The second-order valence-corrected chi connectivity index (χ2v) is 10.4. The highest BCUT2D eigenvalue weighted by atomic mass is 32.2. The van der Waals surface area contributed by atoms with Gasteiger partial charge in [0.05, 0.1) is 22.4 Å². The van der Waals surface area contributed by atoms with Gasteiger partial charge in [-0.25, -0.2) is 9.97 Å². The molecule has 3 aromatic rings. The minimum absolute atomic E-state index is 0.0438. The van der Waals surface area contributed by atoms with Crippen molar-refractivity contribution in [3.63, 3.8) is 0 Å². The molecule has 0 bridgehead atoms. The number of rotatable bonds is 8. The number of thioether (sulfide) groups is 1. The molecule has 0 radical (unpaired) electrons. The Morgan fingerprint density at radius 1 is 1.21 bits per heavy atom. The first-order chi connectivity index (χ1) is 13.7. The first kappa shape index (κ1) is 21.5. The number of carbonyl (C=O) groups is 1. The van der Waals surface area contributed by atoms with Crippen LogP contribution in [0, 0.1) is 5.92 Å². The summed E-state index contributed by atoms with van der Waals surface area (Å²) in [6.07, 6.45) is 4.28. The van der Waals surface area contributed by atoms with E-state index in [-0.39, 0.29) is 17.1 Å². The molecular weight excluding hydrogens is 400 g/mol. The van der Waals surface area contributed by atoms with Crippen LogP contribution in [0.2, 0.25) is 0 Å². The predicted octanol–water partition coefficient (Wildman–Crippen LogP) is 6.18. The lowest BCUT2D eigenvalue weighted by Gasteiger charge is -2.12. The van der Waals surface area contributed by atoms with Crippen molar-refractivity contribution in [3.8, 4) is 0 Å². The number of nitrogens with zero attached hydrogens (tertiary/aromatic N) is 2. The molecule has 0 saturated heterocycles. The minimum atomic E-state index is -0.131. The van der Waals surface area contributed by atoms with Crippen molar-refractivity contribution >= 4 is 34.5 Å². The molecule has 0 saturated carbocycles. The summed E-state index contributed by atoms with van der Waals surface area (Å²) in [5, 5.41) is 0.681. The number of ketones is 1. The molecule has 3 rings (SSSR count). The second-order valence-electron chi connectivity index (χ2n) is 8.07. The molecule has 0 spiro atoms. The Hall–Kier alpha value is -2.18. The smallest absolute Gasteiger partial charge is 0.204 e. The molecule has 0 aliphatic rings. The van der Waals surface area contributed by atoms with Gasteiger partial charge >= 0.3 is 0 Å². The number of benzene rings is 1. The highest BCUT2D eigenvalue weighted by Crippen LogP contribution is 2.33. The fourth-order valence-corrected chi connectivity index (χ4v) is 4.59. The van der Waals surface area contributed by atoms with Crippen molar-refractivity contribution in [1.82, 2.24) is 9.97 Å². The van der Waals surface area contributed by atoms with Crippen LogP contribution < -0.4 is 0 Å². The summed E-state index contributed by atoms with van der Waals surface area (Å²) < 4.78 is 6.84. The zero-order chi connectivity index (χ0) is 21.0. The summed E-state index contributed by atoms with van der Waals surface area (Å²) in [5.41, 5.74) is 1.58. The molecule has 0 aliphatic carbocycles. The van der Waals surface area contributed by atoms with Gasteiger partial charge in [-0.2, -0.15) is 0 Å². The van der Waals surface area contributed by atoms with Crippen LogP contribution in [0.3, 0.4) is 0 Å². The van der Waals surface area contributed by atoms with E-state index in [1.165, 1.54) is 11.3 Å². The van der Waals surface area contributed by atoms with Gasteiger partial charge in [-0.1, -0.05) is 64.6 Å². The lowest BCUT2D eigenvalue weighted by Crippen LogP contribution is -2.14.